The molecule has 0 fully saturated rings. The highest BCUT2D eigenvalue weighted by molar-refractivity contribution is 5.75. The van der Waals surface area contributed by atoms with E-state index in [1.165, 1.54) is 5.56 Å². The van der Waals surface area contributed by atoms with Crippen molar-refractivity contribution in [3.8, 4) is 0 Å². The van der Waals surface area contributed by atoms with Crippen molar-refractivity contribution >= 4 is 5.97 Å². The van der Waals surface area contributed by atoms with Crippen LogP contribution in [0.5, 0.6) is 0 Å². The molecule has 1 atom stereocenters. The molecule has 20 heavy (non-hydrogen) atoms. The van der Waals surface area contributed by atoms with E-state index in [9.17, 15) is 4.79 Å². The standard InChI is InChI=1S/C16H26N2O2/c1-13(16(19)20)15-8-6-14(7-9-15)12-18(4)11-5-10-17(2)3/h6-9,13H,5,10-12H2,1-4H3,(H,19,20). The number of carbonyl (C=O) groups is 1. The van der Waals surface area contributed by atoms with E-state index in [0.717, 1.165) is 31.6 Å². The maximum Gasteiger partial charge on any atom is 0.310 e. The first-order valence-corrected chi connectivity index (χ1v) is 7.05. The summed E-state index contributed by atoms with van der Waals surface area (Å²) in [5, 5.41) is 8.98. The van der Waals surface area contributed by atoms with Crippen LogP contribution in [0.25, 0.3) is 0 Å². The third-order valence-electron chi connectivity index (χ3n) is 3.45. The Morgan fingerprint density at radius 1 is 1.15 bits per heavy atom. The van der Waals surface area contributed by atoms with Crippen LogP contribution in [0.3, 0.4) is 0 Å². The lowest BCUT2D eigenvalue weighted by atomic mass is 10.00. The molecule has 1 aromatic carbocycles. The molecule has 0 bridgehead atoms. The van der Waals surface area contributed by atoms with Gasteiger partial charge in [0, 0.05) is 6.54 Å². The molecule has 0 aromatic heterocycles. The molecule has 0 spiro atoms. The van der Waals surface area contributed by atoms with Crippen LogP contribution >= 0.6 is 0 Å². The molecule has 1 N–H and O–H groups in total. The first-order chi connectivity index (χ1) is 9.40. The van der Waals surface area contributed by atoms with Gasteiger partial charge in [0.05, 0.1) is 5.92 Å². The summed E-state index contributed by atoms with van der Waals surface area (Å²) in [7, 11) is 6.29. The predicted molar refractivity (Wildman–Crippen MR) is 82.0 cm³/mol. The van der Waals surface area contributed by atoms with E-state index in [2.05, 4.69) is 30.9 Å². The minimum Gasteiger partial charge on any atom is -0.481 e. The van der Waals surface area contributed by atoms with Crippen molar-refractivity contribution in [3.63, 3.8) is 0 Å². The largest absolute Gasteiger partial charge is 0.481 e. The SMILES string of the molecule is CC(C(=O)O)c1ccc(CN(C)CCCN(C)C)cc1. The summed E-state index contributed by atoms with van der Waals surface area (Å²) in [5.41, 5.74) is 2.08. The van der Waals surface area contributed by atoms with Crippen LogP contribution in [-0.4, -0.2) is 55.1 Å². The second kappa shape index (κ2) is 8.02. The van der Waals surface area contributed by atoms with Crippen molar-refractivity contribution in [1.29, 1.82) is 0 Å². The quantitative estimate of drug-likeness (QED) is 0.792. The predicted octanol–water partition coefficient (Wildman–Crippen LogP) is 2.26. The summed E-state index contributed by atoms with van der Waals surface area (Å²) >= 11 is 0. The zero-order valence-corrected chi connectivity index (χ0v) is 13.0. The first kappa shape index (κ1) is 16.7. The van der Waals surface area contributed by atoms with Gasteiger partial charge in [-0.05, 0) is 58.7 Å². The van der Waals surface area contributed by atoms with E-state index in [0.29, 0.717) is 0 Å². The molecule has 1 aromatic rings. The molecule has 0 amide bonds. The van der Waals surface area contributed by atoms with Crippen LogP contribution in [0, 0.1) is 0 Å². The van der Waals surface area contributed by atoms with Crippen LogP contribution in [0.15, 0.2) is 24.3 Å². The highest BCUT2D eigenvalue weighted by atomic mass is 16.4. The van der Waals surface area contributed by atoms with Gasteiger partial charge >= 0.3 is 5.97 Å². The maximum atomic E-state index is 10.9. The fraction of sp³-hybridized carbons (Fsp3) is 0.562. The van der Waals surface area contributed by atoms with E-state index in [4.69, 9.17) is 5.11 Å². The first-order valence-electron chi connectivity index (χ1n) is 7.05. The Labute approximate surface area is 122 Å². The number of hydrogen-bond donors (Lipinski definition) is 1. The van der Waals surface area contributed by atoms with E-state index in [1.54, 1.807) is 6.92 Å². The fourth-order valence-electron chi connectivity index (χ4n) is 2.10. The van der Waals surface area contributed by atoms with Gasteiger partial charge < -0.3 is 14.9 Å². The van der Waals surface area contributed by atoms with Gasteiger partial charge in [0.15, 0.2) is 0 Å². The molecule has 4 nitrogen and oxygen atoms in total. The second-order valence-electron chi connectivity index (χ2n) is 5.70. The summed E-state index contributed by atoms with van der Waals surface area (Å²) in [6, 6.07) is 7.89. The van der Waals surface area contributed by atoms with Gasteiger partial charge in [-0.3, -0.25) is 4.79 Å². The van der Waals surface area contributed by atoms with E-state index in [1.807, 2.05) is 24.3 Å². The number of aliphatic carboxylic acids is 1. The van der Waals surface area contributed by atoms with Crippen LogP contribution in [-0.2, 0) is 11.3 Å². The number of carboxylic acids is 1. The summed E-state index contributed by atoms with van der Waals surface area (Å²) < 4.78 is 0. The van der Waals surface area contributed by atoms with Gasteiger partial charge in [0.1, 0.15) is 0 Å². The number of benzene rings is 1. The lowest BCUT2D eigenvalue weighted by Crippen LogP contribution is -2.23. The van der Waals surface area contributed by atoms with Crippen LogP contribution < -0.4 is 0 Å². The number of hydrogen-bond acceptors (Lipinski definition) is 3. The molecular formula is C16H26N2O2. The Balaban J connectivity index is 2.46. The molecule has 0 saturated heterocycles. The molecule has 0 radical (unpaired) electrons. The van der Waals surface area contributed by atoms with Crippen molar-refractivity contribution in [2.24, 2.45) is 0 Å². The van der Waals surface area contributed by atoms with E-state index < -0.39 is 11.9 Å². The minimum atomic E-state index is -0.779. The van der Waals surface area contributed by atoms with Crippen LogP contribution in [0.2, 0.25) is 0 Å². The number of nitrogens with zero attached hydrogens (tertiary/aromatic N) is 2. The Kier molecular flexibility index (Phi) is 6.68. The van der Waals surface area contributed by atoms with Crippen molar-refractivity contribution in [3.05, 3.63) is 35.4 Å². The lowest BCUT2D eigenvalue weighted by molar-refractivity contribution is -0.138. The Morgan fingerprint density at radius 3 is 2.25 bits per heavy atom. The highest BCUT2D eigenvalue weighted by Crippen LogP contribution is 2.16. The zero-order valence-electron chi connectivity index (χ0n) is 13.0. The summed E-state index contributed by atoms with van der Waals surface area (Å²) in [6.07, 6.45) is 1.15. The van der Waals surface area contributed by atoms with E-state index in [-0.39, 0.29) is 0 Å². The zero-order chi connectivity index (χ0) is 15.1. The highest BCUT2D eigenvalue weighted by Gasteiger charge is 2.13. The molecule has 1 unspecified atom stereocenters. The fourth-order valence-corrected chi connectivity index (χ4v) is 2.10. The molecule has 0 aliphatic rings. The molecule has 0 saturated carbocycles. The molecule has 112 valence electrons. The average molecular weight is 278 g/mol. The third-order valence-corrected chi connectivity index (χ3v) is 3.45. The normalized spacial score (nSPS) is 12.9. The molecular weight excluding hydrogens is 252 g/mol. The Morgan fingerprint density at radius 2 is 1.75 bits per heavy atom. The lowest BCUT2D eigenvalue weighted by Gasteiger charge is -2.18. The molecule has 0 aliphatic carbocycles. The van der Waals surface area contributed by atoms with Gasteiger partial charge in [0.25, 0.3) is 0 Å². The maximum absolute atomic E-state index is 10.9. The topological polar surface area (TPSA) is 43.8 Å². The van der Waals surface area contributed by atoms with E-state index >= 15 is 0 Å². The smallest absolute Gasteiger partial charge is 0.310 e. The van der Waals surface area contributed by atoms with Crippen molar-refractivity contribution < 1.29 is 9.90 Å². The van der Waals surface area contributed by atoms with Gasteiger partial charge in [-0.25, -0.2) is 0 Å². The Bertz CT molecular complexity index is 415. The summed E-state index contributed by atoms with van der Waals surface area (Å²) in [6.45, 7) is 4.77. The van der Waals surface area contributed by atoms with Crippen LogP contribution in [0.1, 0.15) is 30.4 Å². The van der Waals surface area contributed by atoms with Gasteiger partial charge in [-0.2, -0.15) is 0 Å². The van der Waals surface area contributed by atoms with Crippen molar-refractivity contribution in [2.45, 2.75) is 25.8 Å². The minimum absolute atomic E-state index is 0.443. The van der Waals surface area contributed by atoms with Crippen molar-refractivity contribution in [1.82, 2.24) is 9.80 Å². The molecule has 4 heteroatoms. The monoisotopic (exact) mass is 278 g/mol. The van der Waals surface area contributed by atoms with Gasteiger partial charge in [-0.1, -0.05) is 24.3 Å². The molecule has 0 heterocycles. The molecule has 0 aliphatic heterocycles. The van der Waals surface area contributed by atoms with Crippen LogP contribution in [0.4, 0.5) is 0 Å². The number of carboxylic acid groups (broad SMARTS) is 1. The second-order valence-corrected chi connectivity index (χ2v) is 5.70. The summed E-state index contributed by atoms with van der Waals surface area (Å²) in [5.74, 6) is -1.22. The van der Waals surface area contributed by atoms with Crippen molar-refractivity contribution in [2.75, 3.05) is 34.2 Å². The average Bonchev–Trinajstić information content (AvgIpc) is 2.38. The Hall–Kier alpha value is -1.39. The third kappa shape index (κ3) is 5.72. The van der Waals surface area contributed by atoms with Gasteiger partial charge in [0.2, 0.25) is 0 Å². The summed E-state index contributed by atoms with van der Waals surface area (Å²) in [4.78, 5) is 15.4. The number of rotatable bonds is 8. The van der Waals surface area contributed by atoms with Gasteiger partial charge in [-0.15, -0.1) is 0 Å². The molecule has 1 rings (SSSR count).